The largest absolute Gasteiger partial charge is 0.324 e. The third-order valence-electron chi connectivity index (χ3n) is 3.49. The van der Waals surface area contributed by atoms with Crippen LogP contribution in [0.25, 0.3) is 5.65 Å². The number of hydrogen-bond acceptors (Lipinski definition) is 4. The van der Waals surface area contributed by atoms with Crippen molar-refractivity contribution in [3.05, 3.63) is 75.3 Å². The number of rotatable bonds is 5. The summed E-state index contributed by atoms with van der Waals surface area (Å²) in [5.41, 5.74) is 2.73. The molecule has 0 atom stereocenters. The molecule has 3 aromatic rings. The smallest absolute Gasteiger partial charge is 0.258 e. The van der Waals surface area contributed by atoms with Crippen molar-refractivity contribution in [1.29, 1.82) is 0 Å². The lowest BCUT2D eigenvalue weighted by Crippen LogP contribution is -2.16. The number of thioether (sulfide) groups is 1. The van der Waals surface area contributed by atoms with Crippen LogP contribution in [0.3, 0.4) is 0 Å². The second-order valence-electron chi connectivity index (χ2n) is 5.54. The summed E-state index contributed by atoms with van der Waals surface area (Å²) in [5, 5.41) is 3.27. The zero-order valence-electron chi connectivity index (χ0n) is 13.5. The van der Waals surface area contributed by atoms with E-state index >= 15 is 0 Å². The van der Waals surface area contributed by atoms with E-state index in [0.29, 0.717) is 27.8 Å². The van der Waals surface area contributed by atoms with Gasteiger partial charge in [0.15, 0.2) is 0 Å². The Morgan fingerprint density at radius 2 is 2.08 bits per heavy atom. The molecule has 5 nitrogen and oxygen atoms in total. The van der Waals surface area contributed by atoms with Gasteiger partial charge in [-0.2, -0.15) is 0 Å². The Hall–Kier alpha value is -2.31. The molecule has 0 aliphatic rings. The van der Waals surface area contributed by atoms with E-state index in [1.807, 2.05) is 25.1 Å². The predicted molar refractivity (Wildman–Crippen MR) is 102 cm³/mol. The van der Waals surface area contributed by atoms with Crippen molar-refractivity contribution in [3.63, 3.8) is 0 Å². The number of para-hydroxylation sites is 1. The number of nitrogens with zero attached hydrogens (tertiary/aromatic N) is 2. The molecule has 0 aliphatic heterocycles. The molecular weight excluding hydrogens is 358 g/mol. The fourth-order valence-electron chi connectivity index (χ4n) is 2.33. The molecule has 0 aliphatic carbocycles. The van der Waals surface area contributed by atoms with Crippen molar-refractivity contribution in [2.75, 3.05) is 11.1 Å². The SMILES string of the molecule is Cc1ccc2nc(CSCC(=O)Nc3ccccc3Cl)cc(=O)n2c1. The molecule has 0 radical (unpaired) electrons. The van der Waals surface area contributed by atoms with Crippen molar-refractivity contribution < 1.29 is 4.79 Å². The number of halogens is 1. The molecule has 0 bridgehead atoms. The second-order valence-corrected chi connectivity index (χ2v) is 6.93. The van der Waals surface area contributed by atoms with Crippen molar-refractivity contribution in [1.82, 2.24) is 9.38 Å². The number of hydrogen-bond donors (Lipinski definition) is 1. The van der Waals surface area contributed by atoms with Crippen LogP contribution in [-0.4, -0.2) is 21.0 Å². The molecule has 0 fully saturated rings. The monoisotopic (exact) mass is 373 g/mol. The van der Waals surface area contributed by atoms with Crippen LogP contribution in [0, 0.1) is 6.92 Å². The molecule has 0 saturated heterocycles. The minimum absolute atomic E-state index is 0.121. The van der Waals surface area contributed by atoms with Gasteiger partial charge in [-0.25, -0.2) is 4.98 Å². The Morgan fingerprint density at radius 3 is 2.88 bits per heavy atom. The number of pyridine rings is 1. The highest BCUT2D eigenvalue weighted by atomic mass is 35.5. The molecule has 3 rings (SSSR count). The van der Waals surface area contributed by atoms with Crippen LogP contribution in [0.1, 0.15) is 11.3 Å². The Morgan fingerprint density at radius 1 is 1.28 bits per heavy atom. The highest BCUT2D eigenvalue weighted by molar-refractivity contribution is 7.99. The molecule has 1 N–H and O–H groups in total. The van der Waals surface area contributed by atoms with Crippen LogP contribution in [-0.2, 0) is 10.5 Å². The number of anilines is 1. The van der Waals surface area contributed by atoms with Gasteiger partial charge in [0.25, 0.3) is 5.56 Å². The number of benzene rings is 1. The van der Waals surface area contributed by atoms with E-state index < -0.39 is 0 Å². The maximum absolute atomic E-state index is 12.1. The predicted octanol–water partition coefficient (Wildman–Crippen LogP) is 3.53. The summed E-state index contributed by atoms with van der Waals surface area (Å²) in [6, 6.07) is 12.3. The van der Waals surface area contributed by atoms with Gasteiger partial charge in [0, 0.05) is 18.0 Å². The van der Waals surface area contributed by atoms with Crippen molar-refractivity contribution in [2.45, 2.75) is 12.7 Å². The molecule has 0 unspecified atom stereocenters. The van der Waals surface area contributed by atoms with Gasteiger partial charge in [0.1, 0.15) is 5.65 Å². The van der Waals surface area contributed by atoms with E-state index in [1.54, 1.807) is 24.4 Å². The van der Waals surface area contributed by atoms with Crippen molar-refractivity contribution >= 4 is 40.6 Å². The van der Waals surface area contributed by atoms with Gasteiger partial charge < -0.3 is 5.32 Å². The van der Waals surface area contributed by atoms with Crippen LogP contribution in [0.15, 0.2) is 53.5 Å². The van der Waals surface area contributed by atoms with Gasteiger partial charge in [-0.3, -0.25) is 14.0 Å². The van der Waals surface area contributed by atoms with E-state index in [1.165, 1.54) is 22.2 Å². The molecule has 128 valence electrons. The van der Waals surface area contributed by atoms with Gasteiger partial charge in [-0.1, -0.05) is 29.8 Å². The highest BCUT2D eigenvalue weighted by Crippen LogP contribution is 2.21. The fourth-order valence-corrected chi connectivity index (χ4v) is 3.23. The summed E-state index contributed by atoms with van der Waals surface area (Å²) in [6.45, 7) is 1.92. The number of nitrogens with one attached hydrogen (secondary N) is 1. The lowest BCUT2D eigenvalue weighted by molar-refractivity contribution is -0.113. The molecule has 25 heavy (non-hydrogen) atoms. The number of fused-ring (bicyclic) bond motifs is 1. The molecule has 2 aromatic heterocycles. The molecule has 1 aromatic carbocycles. The van der Waals surface area contributed by atoms with Gasteiger partial charge in [-0.05, 0) is 30.7 Å². The van der Waals surface area contributed by atoms with Crippen LogP contribution in [0.2, 0.25) is 5.02 Å². The molecule has 2 heterocycles. The van der Waals surface area contributed by atoms with E-state index in [4.69, 9.17) is 11.6 Å². The first-order valence-corrected chi connectivity index (χ1v) is 9.17. The zero-order valence-corrected chi connectivity index (χ0v) is 15.1. The molecular formula is C18H16ClN3O2S. The number of amides is 1. The Balaban J connectivity index is 1.61. The minimum Gasteiger partial charge on any atom is -0.324 e. The summed E-state index contributed by atoms with van der Waals surface area (Å²) in [4.78, 5) is 28.6. The van der Waals surface area contributed by atoms with Crippen LogP contribution in [0.5, 0.6) is 0 Å². The third kappa shape index (κ3) is 4.41. The number of carbonyl (C=O) groups excluding carboxylic acids is 1. The normalized spacial score (nSPS) is 10.8. The summed E-state index contributed by atoms with van der Waals surface area (Å²) >= 11 is 7.41. The van der Waals surface area contributed by atoms with Crippen LogP contribution >= 0.6 is 23.4 Å². The van der Waals surface area contributed by atoms with Crippen molar-refractivity contribution in [3.8, 4) is 0 Å². The van der Waals surface area contributed by atoms with E-state index in [-0.39, 0.29) is 17.2 Å². The van der Waals surface area contributed by atoms with Gasteiger partial charge in [0.05, 0.1) is 22.2 Å². The maximum Gasteiger partial charge on any atom is 0.258 e. The number of carbonyl (C=O) groups is 1. The summed E-state index contributed by atoms with van der Waals surface area (Å²) in [7, 11) is 0. The number of aromatic nitrogens is 2. The zero-order chi connectivity index (χ0) is 17.8. The first-order chi connectivity index (χ1) is 12.0. The van der Waals surface area contributed by atoms with Gasteiger partial charge in [0.2, 0.25) is 5.91 Å². The topological polar surface area (TPSA) is 63.5 Å². The van der Waals surface area contributed by atoms with Crippen LogP contribution < -0.4 is 10.9 Å². The van der Waals surface area contributed by atoms with E-state index in [0.717, 1.165) is 5.56 Å². The summed E-state index contributed by atoms with van der Waals surface area (Å²) in [6.07, 6.45) is 1.76. The Kier molecular flexibility index (Phi) is 5.40. The maximum atomic E-state index is 12.1. The molecule has 0 spiro atoms. The molecule has 7 heteroatoms. The lowest BCUT2D eigenvalue weighted by atomic mass is 10.3. The molecule has 1 amide bonds. The Labute approximate surface area is 154 Å². The first-order valence-electron chi connectivity index (χ1n) is 7.64. The number of aryl methyl sites for hydroxylation is 1. The van der Waals surface area contributed by atoms with Crippen LogP contribution in [0.4, 0.5) is 5.69 Å². The first kappa shape index (κ1) is 17.5. The quantitative estimate of drug-likeness (QED) is 0.743. The van der Waals surface area contributed by atoms with E-state index in [2.05, 4.69) is 10.3 Å². The Bertz CT molecular complexity index is 987. The average molecular weight is 374 g/mol. The fraction of sp³-hybridized carbons (Fsp3) is 0.167. The van der Waals surface area contributed by atoms with Gasteiger partial charge in [-0.15, -0.1) is 11.8 Å². The summed E-state index contributed by atoms with van der Waals surface area (Å²) in [5.74, 6) is 0.585. The summed E-state index contributed by atoms with van der Waals surface area (Å²) < 4.78 is 1.52. The van der Waals surface area contributed by atoms with Crippen molar-refractivity contribution in [2.24, 2.45) is 0 Å². The third-order valence-corrected chi connectivity index (χ3v) is 4.79. The highest BCUT2D eigenvalue weighted by Gasteiger charge is 2.07. The van der Waals surface area contributed by atoms with E-state index in [9.17, 15) is 9.59 Å². The lowest BCUT2D eigenvalue weighted by Gasteiger charge is -2.07. The minimum atomic E-state index is -0.147. The second kappa shape index (κ2) is 7.72. The molecule has 0 saturated carbocycles. The van der Waals surface area contributed by atoms with Gasteiger partial charge >= 0.3 is 0 Å². The average Bonchev–Trinajstić information content (AvgIpc) is 2.58. The standard InChI is InChI=1S/C18H16ClN3O2S/c1-12-6-7-16-20-13(8-18(24)22(16)9-12)10-25-11-17(23)21-15-5-3-2-4-14(15)19/h2-9H,10-11H2,1H3,(H,21,23).